The molecular formula is C13H23N5O. The van der Waals surface area contributed by atoms with Gasteiger partial charge in [-0.05, 0) is 6.92 Å². The van der Waals surface area contributed by atoms with Crippen LogP contribution in [0.25, 0.3) is 0 Å². The Hall–Kier alpha value is -1.40. The van der Waals surface area contributed by atoms with Crippen molar-refractivity contribution in [3.63, 3.8) is 0 Å². The van der Waals surface area contributed by atoms with Gasteiger partial charge in [-0.3, -0.25) is 9.69 Å². The summed E-state index contributed by atoms with van der Waals surface area (Å²) in [6.45, 7) is 8.62. The fourth-order valence-corrected chi connectivity index (χ4v) is 2.15. The molecule has 0 spiro atoms. The molecule has 0 atom stereocenters. The van der Waals surface area contributed by atoms with Crippen LogP contribution in [0.3, 0.4) is 0 Å². The number of piperazine rings is 1. The van der Waals surface area contributed by atoms with Crippen LogP contribution < -0.4 is 15.8 Å². The van der Waals surface area contributed by atoms with Gasteiger partial charge in [-0.1, -0.05) is 0 Å². The SMILES string of the molecule is CCN(C)c1cnn(CCN2CCNCC2)c(=O)c1. The second kappa shape index (κ2) is 6.68. The summed E-state index contributed by atoms with van der Waals surface area (Å²) in [7, 11) is 1.96. The maximum atomic E-state index is 12.0. The molecule has 1 aromatic heterocycles. The van der Waals surface area contributed by atoms with Crippen molar-refractivity contribution in [3.05, 3.63) is 22.6 Å². The highest BCUT2D eigenvalue weighted by Crippen LogP contribution is 2.05. The Labute approximate surface area is 114 Å². The van der Waals surface area contributed by atoms with Gasteiger partial charge in [-0.2, -0.15) is 5.10 Å². The summed E-state index contributed by atoms with van der Waals surface area (Å²) < 4.78 is 1.55. The van der Waals surface area contributed by atoms with Gasteiger partial charge in [0.25, 0.3) is 5.56 Å². The first-order valence-electron chi connectivity index (χ1n) is 6.92. The first-order chi connectivity index (χ1) is 9.20. The maximum absolute atomic E-state index is 12.0. The Kier molecular flexibility index (Phi) is 4.93. The van der Waals surface area contributed by atoms with Crippen molar-refractivity contribution in [2.24, 2.45) is 0 Å². The van der Waals surface area contributed by atoms with Crippen molar-refractivity contribution in [2.75, 3.05) is 51.2 Å². The van der Waals surface area contributed by atoms with Crippen LogP contribution in [0.4, 0.5) is 5.69 Å². The first kappa shape index (κ1) is 14.0. The average molecular weight is 265 g/mol. The maximum Gasteiger partial charge on any atom is 0.268 e. The molecule has 1 aliphatic heterocycles. The number of anilines is 1. The quantitative estimate of drug-likeness (QED) is 0.785. The molecule has 6 nitrogen and oxygen atoms in total. The summed E-state index contributed by atoms with van der Waals surface area (Å²) in [5, 5.41) is 7.57. The standard InChI is InChI=1S/C13H23N5O/c1-3-16(2)12-10-13(19)18(15-11-12)9-8-17-6-4-14-5-7-17/h10-11,14H,3-9H2,1-2H3. The second-order valence-corrected chi connectivity index (χ2v) is 4.88. The highest BCUT2D eigenvalue weighted by Gasteiger charge is 2.10. The molecule has 1 fully saturated rings. The molecule has 1 N–H and O–H groups in total. The van der Waals surface area contributed by atoms with E-state index in [0.29, 0.717) is 6.54 Å². The molecule has 0 unspecified atom stereocenters. The van der Waals surface area contributed by atoms with Crippen LogP contribution in [0.15, 0.2) is 17.1 Å². The lowest BCUT2D eigenvalue weighted by Crippen LogP contribution is -2.45. The normalized spacial score (nSPS) is 16.5. The van der Waals surface area contributed by atoms with Gasteiger partial charge in [-0.25, -0.2) is 4.68 Å². The molecule has 2 rings (SSSR count). The van der Waals surface area contributed by atoms with E-state index in [9.17, 15) is 4.79 Å². The second-order valence-electron chi connectivity index (χ2n) is 4.88. The molecule has 19 heavy (non-hydrogen) atoms. The molecule has 0 aliphatic carbocycles. The van der Waals surface area contributed by atoms with E-state index >= 15 is 0 Å². The lowest BCUT2D eigenvalue weighted by atomic mass is 10.3. The third kappa shape index (κ3) is 3.78. The van der Waals surface area contributed by atoms with Crippen molar-refractivity contribution < 1.29 is 0 Å². The monoisotopic (exact) mass is 265 g/mol. The highest BCUT2D eigenvalue weighted by atomic mass is 16.1. The van der Waals surface area contributed by atoms with E-state index in [2.05, 4.69) is 22.2 Å². The molecule has 1 aromatic rings. The molecule has 6 heteroatoms. The lowest BCUT2D eigenvalue weighted by molar-refractivity contribution is 0.228. The minimum absolute atomic E-state index is 0.0204. The van der Waals surface area contributed by atoms with Crippen molar-refractivity contribution in [1.82, 2.24) is 20.0 Å². The van der Waals surface area contributed by atoms with E-state index in [1.54, 1.807) is 16.9 Å². The number of hydrogen-bond acceptors (Lipinski definition) is 5. The molecule has 1 saturated heterocycles. The van der Waals surface area contributed by atoms with Crippen LogP contribution in [-0.4, -0.2) is 61.0 Å². The van der Waals surface area contributed by atoms with Crippen LogP contribution in [0.2, 0.25) is 0 Å². The van der Waals surface area contributed by atoms with Gasteiger partial charge in [0.05, 0.1) is 18.4 Å². The third-order valence-electron chi connectivity index (χ3n) is 3.61. The van der Waals surface area contributed by atoms with E-state index in [4.69, 9.17) is 0 Å². The Morgan fingerprint density at radius 2 is 2.11 bits per heavy atom. The summed E-state index contributed by atoms with van der Waals surface area (Å²) in [4.78, 5) is 16.3. The van der Waals surface area contributed by atoms with Gasteiger partial charge in [0.2, 0.25) is 0 Å². The van der Waals surface area contributed by atoms with Crippen molar-refractivity contribution >= 4 is 5.69 Å². The third-order valence-corrected chi connectivity index (χ3v) is 3.61. The predicted octanol–water partition coefficient (Wildman–Crippen LogP) is -0.395. The minimum Gasteiger partial charge on any atom is -0.373 e. The zero-order valence-corrected chi connectivity index (χ0v) is 11.8. The number of nitrogens with one attached hydrogen (secondary N) is 1. The van der Waals surface area contributed by atoms with Crippen LogP contribution in [0.1, 0.15) is 6.92 Å². The molecule has 1 aliphatic rings. The van der Waals surface area contributed by atoms with E-state index < -0.39 is 0 Å². The fraction of sp³-hybridized carbons (Fsp3) is 0.692. The number of aromatic nitrogens is 2. The van der Waals surface area contributed by atoms with Gasteiger partial charge >= 0.3 is 0 Å². The summed E-state index contributed by atoms with van der Waals surface area (Å²) in [5.74, 6) is 0. The van der Waals surface area contributed by atoms with Crippen molar-refractivity contribution in [2.45, 2.75) is 13.5 Å². The molecule has 0 radical (unpaired) electrons. The summed E-state index contributed by atoms with van der Waals surface area (Å²) in [5.41, 5.74) is 0.860. The first-order valence-corrected chi connectivity index (χ1v) is 6.92. The molecule has 0 bridgehead atoms. The summed E-state index contributed by atoms with van der Waals surface area (Å²) >= 11 is 0. The largest absolute Gasteiger partial charge is 0.373 e. The molecule has 0 aromatic carbocycles. The Balaban J connectivity index is 1.95. The van der Waals surface area contributed by atoms with Crippen LogP contribution in [0.5, 0.6) is 0 Å². The fourth-order valence-electron chi connectivity index (χ4n) is 2.15. The summed E-state index contributed by atoms with van der Waals surface area (Å²) in [6.07, 6.45) is 1.77. The topological polar surface area (TPSA) is 53.4 Å². The van der Waals surface area contributed by atoms with Gasteiger partial charge in [-0.15, -0.1) is 0 Å². The highest BCUT2D eigenvalue weighted by molar-refractivity contribution is 5.41. The van der Waals surface area contributed by atoms with E-state index in [-0.39, 0.29) is 5.56 Å². The number of nitrogens with zero attached hydrogens (tertiary/aromatic N) is 4. The Morgan fingerprint density at radius 3 is 2.74 bits per heavy atom. The van der Waals surface area contributed by atoms with Crippen LogP contribution in [-0.2, 0) is 6.54 Å². The number of rotatable bonds is 5. The van der Waals surface area contributed by atoms with Gasteiger partial charge in [0.15, 0.2) is 0 Å². The zero-order chi connectivity index (χ0) is 13.7. The Morgan fingerprint density at radius 1 is 1.37 bits per heavy atom. The molecule has 106 valence electrons. The molecule has 0 saturated carbocycles. The molecule has 2 heterocycles. The van der Waals surface area contributed by atoms with Crippen molar-refractivity contribution in [3.8, 4) is 0 Å². The van der Waals surface area contributed by atoms with Gasteiger partial charge in [0.1, 0.15) is 0 Å². The minimum atomic E-state index is -0.0204. The Bertz CT molecular complexity index is 453. The van der Waals surface area contributed by atoms with Gasteiger partial charge < -0.3 is 10.2 Å². The van der Waals surface area contributed by atoms with Gasteiger partial charge in [0, 0.05) is 52.4 Å². The smallest absolute Gasteiger partial charge is 0.268 e. The van der Waals surface area contributed by atoms with E-state index in [0.717, 1.165) is 45.0 Å². The zero-order valence-electron chi connectivity index (χ0n) is 11.8. The predicted molar refractivity (Wildman–Crippen MR) is 76.8 cm³/mol. The van der Waals surface area contributed by atoms with Crippen LogP contribution >= 0.6 is 0 Å². The van der Waals surface area contributed by atoms with E-state index in [1.807, 2.05) is 11.9 Å². The average Bonchev–Trinajstić information content (AvgIpc) is 2.46. The van der Waals surface area contributed by atoms with Crippen molar-refractivity contribution in [1.29, 1.82) is 0 Å². The lowest BCUT2D eigenvalue weighted by Gasteiger charge is -2.27. The number of hydrogen-bond donors (Lipinski definition) is 1. The molecular weight excluding hydrogens is 242 g/mol. The molecule has 0 amide bonds. The van der Waals surface area contributed by atoms with Crippen LogP contribution in [0, 0.1) is 0 Å². The summed E-state index contributed by atoms with van der Waals surface area (Å²) in [6, 6.07) is 1.66. The van der Waals surface area contributed by atoms with E-state index in [1.165, 1.54) is 0 Å².